The molecule has 0 unspecified atom stereocenters. The van der Waals surface area contributed by atoms with Crippen LogP contribution < -0.4 is 5.32 Å². The molecule has 2 aromatic heterocycles. The predicted molar refractivity (Wildman–Crippen MR) is 114 cm³/mol. The lowest BCUT2D eigenvalue weighted by atomic mass is 10.2. The van der Waals surface area contributed by atoms with E-state index < -0.39 is 0 Å². The molecule has 1 aliphatic rings. The number of hydrogen-bond donors (Lipinski definition) is 1. The van der Waals surface area contributed by atoms with E-state index in [1.54, 1.807) is 0 Å². The van der Waals surface area contributed by atoms with E-state index in [2.05, 4.69) is 32.0 Å². The van der Waals surface area contributed by atoms with Gasteiger partial charge in [-0.3, -0.25) is 4.79 Å². The highest BCUT2D eigenvalue weighted by molar-refractivity contribution is 7.99. The first-order valence-electron chi connectivity index (χ1n) is 9.21. The average molecular weight is 434 g/mol. The number of aromatic nitrogens is 4. The third-order valence-corrected chi connectivity index (χ3v) is 6.33. The van der Waals surface area contributed by atoms with Gasteiger partial charge in [-0.15, -0.1) is 21.5 Å². The molecular formula is C19H20ClN5OS2. The van der Waals surface area contributed by atoms with Crippen LogP contribution in [0, 0.1) is 0 Å². The zero-order chi connectivity index (χ0) is 19.5. The Hall–Kier alpha value is -1.90. The Morgan fingerprint density at radius 2 is 2.11 bits per heavy atom. The predicted octanol–water partition coefficient (Wildman–Crippen LogP) is 5.07. The van der Waals surface area contributed by atoms with Crippen molar-refractivity contribution in [1.82, 2.24) is 19.7 Å². The molecular weight excluding hydrogens is 414 g/mol. The number of benzene rings is 1. The van der Waals surface area contributed by atoms with E-state index in [4.69, 9.17) is 11.6 Å². The van der Waals surface area contributed by atoms with Gasteiger partial charge >= 0.3 is 0 Å². The highest BCUT2D eigenvalue weighted by Crippen LogP contribution is 2.40. The standard InChI is InChI=1S/C19H20ClN5OS2/c1-2-9-25-17(13-3-4-13)23-24-19(25)28-11-16(26)22-18-21-15(10-27-18)12-5-7-14(20)8-6-12/h5-8,10,13H,2-4,9,11H2,1H3,(H,21,22,26). The molecule has 3 aromatic rings. The van der Waals surface area contributed by atoms with Crippen LogP contribution in [0.1, 0.15) is 37.9 Å². The number of thiazole rings is 1. The van der Waals surface area contributed by atoms with Crippen molar-refractivity contribution in [3.8, 4) is 11.3 Å². The Balaban J connectivity index is 1.36. The molecule has 0 atom stereocenters. The van der Waals surface area contributed by atoms with Crippen molar-refractivity contribution in [3.05, 3.63) is 40.5 Å². The van der Waals surface area contributed by atoms with E-state index in [-0.39, 0.29) is 11.7 Å². The molecule has 6 nitrogen and oxygen atoms in total. The van der Waals surface area contributed by atoms with Crippen LogP contribution in [0.5, 0.6) is 0 Å². The molecule has 9 heteroatoms. The van der Waals surface area contributed by atoms with E-state index in [0.717, 1.165) is 35.2 Å². The lowest BCUT2D eigenvalue weighted by molar-refractivity contribution is -0.113. The number of amides is 1. The smallest absolute Gasteiger partial charge is 0.236 e. The Morgan fingerprint density at radius 1 is 1.32 bits per heavy atom. The summed E-state index contributed by atoms with van der Waals surface area (Å²) in [5.74, 6) is 1.80. The van der Waals surface area contributed by atoms with Crippen molar-refractivity contribution >= 4 is 45.7 Å². The minimum absolute atomic E-state index is 0.0963. The maximum Gasteiger partial charge on any atom is 0.236 e. The van der Waals surface area contributed by atoms with Crippen molar-refractivity contribution in [3.63, 3.8) is 0 Å². The molecule has 2 heterocycles. The van der Waals surface area contributed by atoms with Gasteiger partial charge < -0.3 is 9.88 Å². The van der Waals surface area contributed by atoms with E-state index in [1.165, 1.54) is 35.9 Å². The molecule has 1 amide bonds. The lowest BCUT2D eigenvalue weighted by Gasteiger charge is -2.07. The first-order valence-corrected chi connectivity index (χ1v) is 11.5. The van der Waals surface area contributed by atoms with Gasteiger partial charge in [0.25, 0.3) is 0 Å². The third kappa shape index (κ3) is 4.56. The van der Waals surface area contributed by atoms with E-state index in [9.17, 15) is 4.79 Å². The van der Waals surface area contributed by atoms with Crippen LogP contribution in [0.15, 0.2) is 34.8 Å². The highest BCUT2D eigenvalue weighted by Gasteiger charge is 2.30. The van der Waals surface area contributed by atoms with Crippen molar-refractivity contribution in [2.45, 2.75) is 43.8 Å². The maximum atomic E-state index is 12.4. The van der Waals surface area contributed by atoms with Gasteiger partial charge in [-0.1, -0.05) is 42.4 Å². The molecule has 0 saturated heterocycles. The largest absolute Gasteiger partial charge is 0.306 e. The van der Waals surface area contributed by atoms with Gasteiger partial charge in [-0.2, -0.15) is 0 Å². The number of carbonyl (C=O) groups is 1. The zero-order valence-electron chi connectivity index (χ0n) is 15.4. The van der Waals surface area contributed by atoms with Gasteiger partial charge in [-0.05, 0) is 31.4 Å². The molecule has 1 aromatic carbocycles. The Morgan fingerprint density at radius 3 is 2.82 bits per heavy atom. The number of nitrogens with one attached hydrogen (secondary N) is 1. The second-order valence-electron chi connectivity index (χ2n) is 6.65. The first kappa shape index (κ1) is 19.4. The summed E-state index contributed by atoms with van der Waals surface area (Å²) < 4.78 is 2.16. The average Bonchev–Trinajstić information content (AvgIpc) is 3.30. The van der Waals surface area contributed by atoms with Crippen LogP contribution in [0.4, 0.5) is 5.13 Å². The number of rotatable bonds is 8. The maximum absolute atomic E-state index is 12.4. The van der Waals surface area contributed by atoms with Crippen LogP contribution in [0.3, 0.4) is 0 Å². The lowest BCUT2D eigenvalue weighted by Crippen LogP contribution is -2.14. The van der Waals surface area contributed by atoms with Crippen LogP contribution in [0.2, 0.25) is 5.02 Å². The zero-order valence-corrected chi connectivity index (χ0v) is 17.8. The molecule has 1 aliphatic carbocycles. The number of anilines is 1. The van der Waals surface area contributed by atoms with E-state index in [0.29, 0.717) is 16.1 Å². The summed E-state index contributed by atoms with van der Waals surface area (Å²) in [7, 11) is 0. The van der Waals surface area contributed by atoms with Crippen molar-refractivity contribution in [2.24, 2.45) is 0 Å². The number of halogens is 1. The molecule has 0 aliphatic heterocycles. The summed E-state index contributed by atoms with van der Waals surface area (Å²) in [5.41, 5.74) is 1.79. The summed E-state index contributed by atoms with van der Waals surface area (Å²) in [6, 6.07) is 7.48. The monoisotopic (exact) mass is 433 g/mol. The minimum atomic E-state index is -0.0963. The summed E-state index contributed by atoms with van der Waals surface area (Å²) in [4.78, 5) is 16.8. The molecule has 1 fully saturated rings. The minimum Gasteiger partial charge on any atom is -0.306 e. The van der Waals surface area contributed by atoms with Crippen molar-refractivity contribution in [2.75, 3.05) is 11.1 Å². The molecule has 1 saturated carbocycles. The summed E-state index contributed by atoms with van der Waals surface area (Å²) >= 11 is 8.76. The van der Waals surface area contributed by atoms with Crippen LogP contribution >= 0.6 is 34.7 Å². The van der Waals surface area contributed by atoms with Gasteiger partial charge in [0.15, 0.2) is 10.3 Å². The van der Waals surface area contributed by atoms with Gasteiger partial charge in [0.05, 0.1) is 11.4 Å². The summed E-state index contributed by atoms with van der Waals surface area (Å²) in [6.07, 6.45) is 3.39. The second-order valence-corrected chi connectivity index (χ2v) is 8.89. The molecule has 146 valence electrons. The number of hydrogen-bond acceptors (Lipinski definition) is 6. The molecule has 0 bridgehead atoms. The topological polar surface area (TPSA) is 72.7 Å². The molecule has 4 rings (SSSR count). The molecule has 1 N–H and O–H groups in total. The van der Waals surface area contributed by atoms with Gasteiger partial charge in [0, 0.05) is 28.4 Å². The highest BCUT2D eigenvalue weighted by atomic mass is 35.5. The molecule has 0 spiro atoms. The van der Waals surface area contributed by atoms with Crippen LogP contribution in [0.25, 0.3) is 11.3 Å². The fourth-order valence-corrected chi connectivity index (χ4v) is 4.49. The Labute approximate surface area is 176 Å². The van der Waals surface area contributed by atoms with Crippen molar-refractivity contribution < 1.29 is 4.79 Å². The normalized spacial score (nSPS) is 13.6. The van der Waals surface area contributed by atoms with Crippen molar-refractivity contribution in [1.29, 1.82) is 0 Å². The van der Waals surface area contributed by atoms with Crippen LogP contribution in [-0.2, 0) is 11.3 Å². The fourth-order valence-electron chi connectivity index (χ4n) is 2.85. The quantitative estimate of drug-likeness (QED) is 0.502. The number of carbonyl (C=O) groups excluding carboxylic acids is 1. The molecule has 28 heavy (non-hydrogen) atoms. The number of nitrogens with zero attached hydrogens (tertiary/aromatic N) is 4. The third-order valence-electron chi connectivity index (χ3n) is 4.36. The fraction of sp³-hybridized carbons (Fsp3) is 0.368. The van der Waals surface area contributed by atoms with E-state index in [1.807, 2.05) is 29.6 Å². The SMILES string of the molecule is CCCn1c(SCC(=O)Nc2nc(-c3ccc(Cl)cc3)cs2)nnc1C1CC1. The summed E-state index contributed by atoms with van der Waals surface area (Å²) in [5, 5.41) is 15.5. The van der Waals surface area contributed by atoms with Gasteiger partial charge in [0.1, 0.15) is 5.82 Å². The molecule has 0 radical (unpaired) electrons. The second kappa shape index (κ2) is 8.63. The first-order chi connectivity index (χ1) is 13.6. The van der Waals surface area contributed by atoms with E-state index >= 15 is 0 Å². The number of thioether (sulfide) groups is 1. The van der Waals surface area contributed by atoms with Gasteiger partial charge in [0.2, 0.25) is 5.91 Å². The van der Waals surface area contributed by atoms with Crippen LogP contribution in [-0.4, -0.2) is 31.4 Å². The summed E-state index contributed by atoms with van der Waals surface area (Å²) in [6.45, 7) is 3.03. The Kier molecular flexibility index (Phi) is 5.99. The van der Waals surface area contributed by atoms with Gasteiger partial charge in [-0.25, -0.2) is 4.98 Å². The Bertz CT molecular complexity index is 965.